The highest BCUT2D eigenvalue weighted by atomic mass is 16.4. The third-order valence-corrected chi connectivity index (χ3v) is 2.91. The molecule has 1 fully saturated rings. The Morgan fingerprint density at radius 3 is 2.44 bits per heavy atom. The van der Waals surface area contributed by atoms with Crippen LogP contribution in [0.5, 0.6) is 0 Å². The highest BCUT2D eigenvalue weighted by Crippen LogP contribution is 2.34. The number of nitrogens with one attached hydrogen (secondary N) is 1. The Morgan fingerprint density at radius 2 is 2.06 bits per heavy atom. The fraction of sp³-hybridized carbons (Fsp3) is 0.727. The van der Waals surface area contributed by atoms with E-state index in [1.54, 1.807) is 6.92 Å². The van der Waals surface area contributed by atoms with Gasteiger partial charge >= 0.3 is 12.0 Å². The first-order valence-electron chi connectivity index (χ1n) is 5.99. The molecular weight excluding hydrogens is 238 g/mol. The van der Waals surface area contributed by atoms with Gasteiger partial charge in [-0.2, -0.15) is 0 Å². The van der Waals surface area contributed by atoms with Crippen LogP contribution in [0, 0.1) is 5.92 Å². The zero-order chi connectivity index (χ0) is 13.7. The second kappa shape index (κ2) is 6.23. The predicted molar refractivity (Wildman–Crippen MR) is 63.7 cm³/mol. The van der Waals surface area contributed by atoms with Gasteiger partial charge in [0.25, 0.3) is 0 Å². The molecule has 1 rings (SSSR count). The molecule has 0 heterocycles. The molecule has 3 amide bonds. The van der Waals surface area contributed by atoms with Crippen molar-refractivity contribution in [1.29, 1.82) is 0 Å². The summed E-state index contributed by atoms with van der Waals surface area (Å²) in [4.78, 5) is 34.6. The van der Waals surface area contributed by atoms with E-state index < -0.39 is 17.9 Å². The highest BCUT2D eigenvalue weighted by molar-refractivity contribution is 5.83. The molecule has 0 spiro atoms. The summed E-state index contributed by atoms with van der Waals surface area (Å²) in [5.41, 5.74) is 5.04. The number of nitrogens with zero attached hydrogens (tertiary/aromatic N) is 1. The zero-order valence-electron chi connectivity index (χ0n) is 10.4. The summed E-state index contributed by atoms with van der Waals surface area (Å²) in [6.45, 7) is 1.91. The normalized spacial score (nSPS) is 15.8. The first-order valence-corrected chi connectivity index (χ1v) is 5.99. The van der Waals surface area contributed by atoms with Gasteiger partial charge in [-0.15, -0.1) is 0 Å². The van der Waals surface area contributed by atoms with E-state index in [0.717, 1.165) is 12.8 Å². The number of carboxylic acid groups (broad SMARTS) is 1. The van der Waals surface area contributed by atoms with E-state index >= 15 is 0 Å². The minimum absolute atomic E-state index is 0.0927. The van der Waals surface area contributed by atoms with E-state index in [-0.39, 0.29) is 24.9 Å². The topological polar surface area (TPSA) is 113 Å². The summed E-state index contributed by atoms with van der Waals surface area (Å²) in [5, 5.41) is 11.4. The Labute approximate surface area is 105 Å². The molecule has 0 saturated heterocycles. The number of urea groups is 1. The molecule has 102 valence electrons. The quantitative estimate of drug-likeness (QED) is 0.584. The maximum Gasteiger partial charge on any atom is 0.318 e. The van der Waals surface area contributed by atoms with E-state index in [0.29, 0.717) is 6.54 Å². The number of nitrogens with two attached hydrogens (primary N) is 1. The van der Waals surface area contributed by atoms with Crippen LogP contribution in [-0.2, 0) is 9.59 Å². The average molecular weight is 257 g/mol. The number of carbonyl (C=O) groups excluding carboxylic acids is 2. The molecule has 1 aliphatic rings. The number of hydrogen-bond donors (Lipinski definition) is 3. The molecule has 0 bridgehead atoms. The van der Waals surface area contributed by atoms with Crippen molar-refractivity contribution in [3.63, 3.8) is 0 Å². The van der Waals surface area contributed by atoms with Crippen molar-refractivity contribution >= 4 is 17.9 Å². The van der Waals surface area contributed by atoms with Crippen LogP contribution in [0.2, 0.25) is 0 Å². The molecule has 1 atom stereocenters. The van der Waals surface area contributed by atoms with Crippen LogP contribution in [0.15, 0.2) is 0 Å². The van der Waals surface area contributed by atoms with Gasteiger partial charge in [0.1, 0.15) is 6.54 Å². The Bertz CT molecular complexity index is 341. The van der Waals surface area contributed by atoms with Crippen molar-refractivity contribution in [2.24, 2.45) is 11.7 Å². The van der Waals surface area contributed by atoms with Crippen LogP contribution in [0.3, 0.4) is 0 Å². The number of aliphatic carboxylic acids is 1. The van der Waals surface area contributed by atoms with Gasteiger partial charge in [0, 0.05) is 12.6 Å². The zero-order valence-corrected chi connectivity index (χ0v) is 10.4. The number of amides is 3. The first kappa shape index (κ1) is 14.3. The van der Waals surface area contributed by atoms with Gasteiger partial charge in [-0.1, -0.05) is 0 Å². The van der Waals surface area contributed by atoms with E-state index in [2.05, 4.69) is 5.32 Å². The number of hydrogen-bond acceptors (Lipinski definition) is 3. The van der Waals surface area contributed by atoms with Gasteiger partial charge in [0.05, 0.1) is 6.42 Å². The molecule has 0 aromatic carbocycles. The second-order valence-corrected chi connectivity index (χ2v) is 4.47. The number of carbonyl (C=O) groups is 3. The lowest BCUT2D eigenvalue weighted by atomic mass is 10.1. The molecular formula is C11H19N3O4. The minimum Gasteiger partial charge on any atom is -0.481 e. The van der Waals surface area contributed by atoms with E-state index in [4.69, 9.17) is 10.8 Å². The number of carboxylic acids is 1. The molecule has 1 aliphatic carbocycles. The predicted octanol–water partition coefficient (Wildman–Crippen LogP) is -0.243. The minimum atomic E-state index is -0.940. The molecule has 1 unspecified atom stereocenters. The summed E-state index contributed by atoms with van der Waals surface area (Å²) in [7, 11) is 0. The number of likely N-dealkylation sites (N-methyl/N-ethyl adjacent to an activating group) is 1. The molecule has 4 N–H and O–H groups in total. The molecule has 0 aromatic heterocycles. The highest BCUT2D eigenvalue weighted by Gasteiger charge is 2.34. The van der Waals surface area contributed by atoms with Gasteiger partial charge in [-0.25, -0.2) is 4.79 Å². The lowest BCUT2D eigenvalue weighted by Gasteiger charge is -2.23. The second-order valence-electron chi connectivity index (χ2n) is 4.47. The van der Waals surface area contributed by atoms with Gasteiger partial charge in [0.2, 0.25) is 5.91 Å². The van der Waals surface area contributed by atoms with E-state index in [1.165, 1.54) is 4.90 Å². The number of primary amides is 1. The summed E-state index contributed by atoms with van der Waals surface area (Å²) in [6, 6.07) is -0.800. The van der Waals surface area contributed by atoms with E-state index in [9.17, 15) is 14.4 Å². The summed E-state index contributed by atoms with van der Waals surface area (Å²) in [5.74, 6) is -1.30. The van der Waals surface area contributed by atoms with Crippen LogP contribution in [-0.4, -0.2) is 47.0 Å². The Hall–Kier alpha value is -1.79. The van der Waals surface area contributed by atoms with Gasteiger partial charge in [-0.3, -0.25) is 9.59 Å². The van der Waals surface area contributed by atoms with Gasteiger partial charge in [0.15, 0.2) is 0 Å². The lowest BCUT2D eigenvalue weighted by molar-refractivity contribution is -0.137. The largest absolute Gasteiger partial charge is 0.481 e. The lowest BCUT2D eigenvalue weighted by Crippen LogP contribution is -2.48. The van der Waals surface area contributed by atoms with Crippen LogP contribution >= 0.6 is 0 Å². The fourth-order valence-corrected chi connectivity index (χ4v) is 1.79. The number of rotatable bonds is 7. The summed E-state index contributed by atoms with van der Waals surface area (Å²) < 4.78 is 0. The molecule has 0 radical (unpaired) electrons. The van der Waals surface area contributed by atoms with Crippen molar-refractivity contribution < 1.29 is 19.5 Å². The van der Waals surface area contributed by atoms with Crippen molar-refractivity contribution in [3.05, 3.63) is 0 Å². The van der Waals surface area contributed by atoms with Crippen LogP contribution in [0.1, 0.15) is 26.2 Å². The SMILES string of the molecule is CCN(CC(N)=O)C(=O)NC(CC(=O)O)C1CC1. The summed E-state index contributed by atoms with van der Waals surface area (Å²) >= 11 is 0. The molecule has 7 heteroatoms. The molecule has 7 nitrogen and oxygen atoms in total. The van der Waals surface area contributed by atoms with Gasteiger partial charge < -0.3 is 21.1 Å². The standard InChI is InChI=1S/C11H19N3O4/c1-2-14(6-9(12)15)11(18)13-8(5-10(16)17)7-3-4-7/h7-8H,2-6H2,1H3,(H2,12,15)(H,13,18)(H,16,17). The monoisotopic (exact) mass is 257 g/mol. The van der Waals surface area contributed by atoms with Crippen molar-refractivity contribution in [3.8, 4) is 0 Å². The fourth-order valence-electron chi connectivity index (χ4n) is 1.79. The molecule has 0 aromatic rings. The average Bonchev–Trinajstić information content (AvgIpc) is 3.07. The molecule has 0 aliphatic heterocycles. The van der Waals surface area contributed by atoms with Crippen LogP contribution in [0.25, 0.3) is 0 Å². The van der Waals surface area contributed by atoms with E-state index in [1.807, 2.05) is 0 Å². The van der Waals surface area contributed by atoms with Gasteiger partial charge in [-0.05, 0) is 25.7 Å². The van der Waals surface area contributed by atoms with Crippen LogP contribution in [0.4, 0.5) is 4.79 Å². The smallest absolute Gasteiger partial charge is 0.318 e. The molecule has 18 heavy (non-hydrogen) atoms. The Kier molecular flexibility index (Phi) is 4.94. The third kappa shape index (κ3) is 4.60. The first-order chi connectivity index (χ1) is 8.43. The van der Waals surface area contributed by atoms with Crippen molar-refractivity contribution in [2.45, 2.75) is 32.2 Å². The third-order valence-electron chi connectivity index (χ3n) is 2.91. The van der Waals surface area contributed by atoms with Crippen LogP contribution < -0.4 is 11.1 Å². The van der Waals surface area contributed by atoms with Crippen molar-refractivity contribution in [2.75, 3.05) is 13.1 Å². The Morgan fingerprint density at radius 1 is 1.44 bits per heavy atom. The summed E-state index contributed by atoms with van der Waals surface area (Å²) in [6.07, 6.45) is 1.77. The Balaban J connectivity index is 2.53. The maximum atomic E-state index is 11.8. The van der Waals surface area contributed by atoms with Crippen molar-refractivity contribution in [1.82, 2.24) is 10.2 Å². The molecule has 1 saturated carbocycles. The maximum absolute atomic E-state index is 11.8.